The first kappa shape index (κ1) is 39.2. The Kier molecular flexibility index (Phi) is 10.6. The molecule has 3 aliphatic rings. The van der Waals surface area contributed by atoms with Crippen molar-refractivity contribution in [3.8, 4) is 11.6 Å². The summed E-state index contributed by atoms with van der Waals surface area (Å²) >= 11 is 0. The molecule has 5 rings (SSSR count). The Morgan fingerprint density at radius 2 is 1.81 bits per heavy atom. The summed E-state index contributed by atoms with van der Waals surface area (Å²) < 4.78 is 50.1. The molecule has 0 unspecified atom stereocenters. The summed E-state index contributed by atoms with van der Waals surface area (Å²) in [5.74, 6) is -2.62. The van der Waals surface area contributed by atoms with E-state index in [0.29, 0.717) is 29.9 Å². The van der Waals surface area contributed by atoms with E-state index in [9.17, 15) is 27.6 Å². The van der Waals surface area contributed by atoms with Gasteiger partial charge in [0.1, 0.15) is 17.5 Å². The van der Waals surface area contributed by atoms with E-state index < -0.39 is 79.9 Å². The number of rotatable bonds is 14. The molecule has 0 spiro atoms. The maximum atomic E-state index is 14.5. The molecular formula is C38H51N3O10S. The Morgan fingerprint density at radius 1 is 1.12 bits per heavy atom. The van der Waals surface area contributed by atoms with E-state index in [-0.39, 0.29) is 32.2 Å². The first-order valence-corrected chi connectivity index (χ1v) is 19.0. The third-order valence-corrected chi connectivity index (χ3v) is 11.2. The number of ether oxygens (including phenoxy) is 3. The highest BCUT2D eigenvalue weighted by Crippen LogP contribution is 2.57. The number of allylic oxidation sites excluding steroid dienone is 1. The minimum absolute atomic E-state index is 0.00917. The highest BCUT2D eigenvalue weighted by atomic mass is 32.2. The van der Waals surface area contributed by atoms with Crippen molar-refractivity contribution in [3.05, 3.63) is 43.1 Å². The third-order valence-electron chi connectivity index (χ3n) is 10.1. The number of esters is 1. The fourth-order valence-electron chi connectivity index (χ4n) is 6.83. The first-order chi connectivity index (χ1) is 24.1. The van der Waals surface area contributed by atoms with Gasteiger partial charge in [0.2, 0.25) is 17.7 Å². The van der Waals surface area contributed by atoms with Crippen LogP contribution in [0.25, 0.3) is 10.8 Å². The SMILES string of the molecule is C=C[C@@H]1C[C@]1(CC(=O)[C@@H]1C[C@@H](Oc2nccc3cc(OC)ccc23)CN1C(=O)[C@@H](CC(=O)OC(C)(C)C)C(C)(C)C)C(=O)NS(=O)(=O)OC1(C)CC1. The number of fused-ring (bicyclic) bond motifs is 1. The van der Waals surface area contributed by atoms with Gasteiger partial charge in [-0.2, -0.15) is 8.42 Å². The molecular weight excluding hydrogens is 690 g/mol. The second kappa shape index (κ2) is 14.1. The van der Waals surface area contributed by atoms with Crippen LogP contribution >= 0.6 is 0 Å². The minimum Gasteiger partial charge on any atom is -0.497 e. The van der Waals surface area contributed by atoms with Crippen molar-refractivity contribution in [1.82, 2.24) is 14.6 Å². The maximum absolute atomic E-state index is 14.5. The molecule has 0 bridgehead atoms. The molecule has 2 saturated carbocycles. The highest BCUT2D eigenvalue weighted by molar-refractivity contribution is 7.85. The zero-order valence-corrected chi connectivity index (χ0v) is 32.1. The average molecular weight is 742 g/mol. The van der Waals surface area contributed by atoms with E-state index in [1.165, 1.54) is 11.0 Å². The van der Waals surface area contributed by atoms with Crippen LogP contribution in [0.15, 0.2) is 43.1 Å². The van der Waals surface area contributed by atoms with Crippen molar-refractivity contribution in [3.63, 3.8) is 0 Å². The summed E-state index contributed by atoms with van der Waals surface area (Å²) in [4.78, 5) is 61.5. The van der Waals surface area contributed by atoms with Crippen LogP contribution in [0.1, 0.15) is 87.0 Å². The normalized spacial score (nSPS) is 24.5. The molecule has 0 radical (unpaired) electrons. The molecule has 1 N–H and O–H groups in total. The van der Waals surface area contributed by atoms with Crippen LogP contribution in [-0.4, -0.2) is 78.9 Å². The molecule has 1 aromatic carbocycles. The van der Waals surface area contributed by atoms with Crippen molar-refractivity contribution in [2.75, 3.05) is 13.7 Å². The molecule has 3 fully saturated rings. The van der Waals surface area contributed by atoms with Crippen molar-refractivity contribution in [1.29, 1.82) is 0 Å². The van der Waals surface area contributed by atoms with Crippen LogP contribution in [0.4, 0.5) is 0 Å². The number of pyridine rings is 1. The summed E-state index contributed by atoms with van der Waals surface area (Å²) in [5.41, 5.74) is -3.71. The summed E-state index contributed by atoms with van der Waals surface area (Å²) in [7, 11) is -2.86. The average Bonchev–Trinajstić information content (AvgIpc) is 3.90. The number of hydrogen-bond donors (Lipinski definition) is 1. The predicted molar refractivity (Wildman–Crippen MR) is 192 cm³/mol. The van der Waals surface area contributed by atoms with Gasteiger partial charge in [0.15, 0.2) is 5.78 Å². The van der Waals surface area contributed by atoms with Gasteiger partial charge in [-0.1, -0.05) is 26.8 Å². The molecule has 284 valence electrons. The van der Waals surface area contributed by atoms with Crippen molar-refractivity contribution >= 4 is 44.6 Å². The number of nitrogens with zero attached hydrogens (tertiary/aromatic N) is 2. The molecule has 1 aromatic heterocycles. The number of ketones is 1. The fraction of sp³-hybridized carbons (Fsp3) is 0.605. The number of nitrogens with one attached hydrogen (secondary N) is 1. The molecule has 1 saturated heterocycles. The lowest BCUT2D eigenvalue weighted by Gasteiger charge is -2.35. The molecule has 2 amide bonds. The largest absolute Gasteiger partial charge is 0.497 e. The number of carbonyl (C=O) groups is 4. The van der Waals surface area contributed by atoms with E-state index in [1.54, 1.807) is 47.1 Å². The Balaban J connectivity index is 1.43. The Hall–Kier alpha value is -4.04. The molecule has 2 aromatic rings. The van der Waals surface area contributed by atoms with E-state index in [2.05, 4.69) is 11.6 Å². The zero-order valence-electron chi connectivity index (χ0n) is 31.3. The van der Waals surface area contributed by atoms with Gasteiger partial charge in [-0.05, 0) is 87.9 Å². The van der Waals surface area contributed by atoms with Crippen LogP contribution in [0.2, 0.25) is 0 Å². The van der Waals surface area contributed by atoms with Gasteiger partial charge in [-0.25, -0.2) is 13.9 Å². The van der Waals surface area contributed by atoms with Crippen LogP contribution in [0.5, 0.6) is 11.6 Å². The van der Waals surface area contributed by atoms with Gasteiger partial charge in [0.05, 0.1) is 43.1 Å². The standard InChI is InChI=1S/C38H51N3O10S/c1-10-24-20-38(24,34(45)40-52(46,47)51-37(8)14-15-37)21-30(42)29-18-26(49-32-27-12-11-25(48-9)17-23(27)13-16-39-32)22-41(29)33(44)28(35(2,3)4)19-31(43)50-36(5,6)7/h10-13,16-17,24,26,28-29H,1,14-15,18-22H2,2-9H3,(H,40,45)/t24-,26-,28-,29+,38-/m1/s1. The number of carbonyl (C=O) groups excluding carboxylic acids is 4. The predicted octanol–water partition coefficient (Wildman–Crippen LogP) is 5.07. The van der Waals surface area contributed by atoms with Gasteiger partial charge < -0.3 is 19.1 Å². The number of aromatic nitrogens is 1. The number of hydrogen-bond acceptors (Lipinski definition) is 11. The third kappa shape index (κ3) is 8.94. The van der Waals surface area contributed by atoms with Crippen molar-refractivity contribution < 1.29 is 46.0 Å². The van der Waals surface area contributed by atoms with E-state index >= 15 is 0 Å². The number of methoxy groups -OCH3 is 1. The summed E-state index contributed by atoms with van der Waals surface area (Å²) in [6.07, 6.45) is 3.27. The Bertz CT molecular complexity index is 1860. The summed E-state index contributed by atoms with van der Waals surface area (Å²) in [5, 5.41) is 1.53. The van der Waals surface area contributed by atoms with Crippen LogP contribution in [0, 0.1) is 22.7 Å². The highest BCUT2D eigenvalue weighted by Gasteiger charge is 2.61. The smallest absolute Gasteiger partial charge is 0.362 e. The number of Topliss-reactive ketones (excluding diaryl/α,β-unsaturated/α-hetero) is 1. The molecule has 2 heterocycles. The van der Waals surface area contributed by atoms with Gasteiger partial charge in [-0.3, -0.25) is 19.2 Å². The van der Waals surface area contributed by atoms with Crippen LogP contribution < -0.4 is 14.2 Å². The van der Waals surface area contributed by atoms with E-state index in [1.807, 2.05) is 43.7 Å². The van der Waals surface area contributed by atoms with Crippen LogP contribution in [0.3, 0.4) is 0 Å². The fourth-order valence-corrected chi connectivity index (χ4v) is 8.00. The molecule has 14 heteroatoms. The van der Waals surface area contributed by atoms with Crippen molar-refractivity contribution in [2.24, 2.45) is 22.7 Å². The molecule has 13 nitrogen and oxygen atoms in total. The molecule has 5 atom stereocenters. The quantitative estimate of drug-likeness (QED) is 0.203. The van der Waals surface area contributed by atoms with E-state index in [4.69, 9.17) is 18.4 Å². The summed E-state index contributed by atoms with van der Waals surface area (Å²) in [6.45, 7) is 16.2. The number of likely N-dealkylation sites (tertiary alicyclic amines) is 1. The van der Waals surface area contributed by atoms with Gasteiger partial charge in [-0.15, -0.1) is 6.58 Å². The summed E-state index contributed by atoms with van der Waals surface area (Å²) in [6, 6.07) is 6.23. The van der Waals surface area contributed by atoms with Gasteiger partial charge >= 0.3 is 16.3 Å². The molecule has 1 aliphatic heterocycles. The lowest BCUT2D eigenvalue weighted by Crippen LogP contribution is -2.49. The lowest BCUT2D eigenvalue weighted by molar-refractivity contribution is -0.161. The second-order valence-electron chi connectivity index (χ2n) is 16.7. The Labute approximate surface area is 306 Å². The maximum Gasteiger partial charge on any atom is 0.362 e. The van der Waals surface area contributed by atoms with Crippen LogP contribution in [-0.2, 0) is 38.4 Å². The molecule has 2 aliphatic carbocycles. The van der Waals surface area contributed by atoms with E-state index in [0.717, 1.165) is 5.39 Å². The minimum atomic E-state index is -4.44. The zero-order chi connectivity index (χ0) is 38.4. The second-order valence-corrected chi connectivity index (χ2v) is 17.9. The lowest BCUT2D eigenvalue weighted by atomic mass is 9.77. The van der Waals surface area contributed by atoms with Crippen molar-refractivity contribution in [2.45, 2.75) is 110 Å². The topological polar surface area (TPSA) is 168 Å². The number of amides is 2. The van der Waals surface area contributed by atoms with Gasteiger partial charge in [0, 0.05) is 24.4 Å². The number of benzene rings is 1. The Morgan fingerprint density at radius 3 is 2.38 bits per heavy atom. The molecule has 52 heavy (non-hydrogen) atoms. The monoisotopic (exact) mass is 741 g/mol. The first-order valence-electron chi connectivity index (χ1n) is 17.6. The van der Waals surface area contributed by atoms with Gasteiger partial charge in [0.25, 0.3) is 0 Å².